The van der Waals surface area contributed by atoms with E-state index in [-0.39, 0.29) is 23.9 Å². The molecule has 1 N–H and O–H groups in total. The minimum atomic E-state index is -4.64. The predicted molar refractivity (Wildman–Crippen MR) is 113 cm³/mol. The third kappa shape index (κ3) is 4.68. The van der Waals surface area contributed by atoms with Crippen molar-refractivity contribution in [3.63, 3.8) is 0 Å². The van der Waals surface area contributed by atoms with Gasteiger partial charge >= 0.3 is 6.18 Å². The first-order chi connectivity index (χ1) is 14.9. The molecular weight excluding hydrogens is 443 g/mol. The number of piperidine rings is 1. The molecule has 1 aliphatic rings. The summed E-state index contributed by atoms with van der Waals surface area (Å²) < 4.78 is 64.4. The molecule has 174 valence electrons. The summed E-state index contributed by atoms with van der Waals surface area (Å²) in [5.41, 5.74) is -0.531. The largest absolute Gasteiger partial charge is 0.416 e. The van der Waals surface area contributed by atoms with E-state index >= 15 is 0 Å². The van der Waals surface area contributed by atoms with E-state index in [9.17, 15) is 31.5 Å². The molecule has 1 amide bonds. The lowest BCUT2D eigenvalue weighted by Gasteiger charge is -2.40. The van der Waals surface area contributed by atoms with Crippen molar-refractivity contribution >= 4 is 15.7 Å². The van der Waals surface area contributed by atoms with Gasteiger partial charge in [0.15, 0.2) is 15.9 Å². The number of hydrogen-bond donors (Lipinski definition) is 1. The van der Waals surface area contributed by atoms with Crippen molar-refractivity contribution in [3.8, 4) is 0 Å². The molecule has 1 heterocycles. The number of hydrogen-bond acceptors (Lipinski definition) is 4. The Hall–Kier alpha value is -2.39. The predicted octanol–water partition coefficient (Wildman–Crippen LogP) is 4.23. The minimum absolute atomic E-state index is 0.259. The minimum Gasteiger partial charge on any atom is -0.378 e. The molecule has 0 aromatic heterocycles. The van der Waals surface area contributed by atoms with Crippen molar-refractivity contribution in [2.24, 2.45) is 5.92 Å². The zero-order chi connectivity index (χ0) is 23.7. The number of benzene rings is 2. The van der Waals surface area contributed by atoms with Crippen LogP contribution in [0.5, 0.6) is 0 Å². The Balaban J connectivity index is 1.73. The molecule has 1 aliphatic heterocycles. The number of carbonyl (C=O) groups is 1. The third-order valence-electron chi connectivity index (χ3n) is 6.30. The first kappa shape index (κ1) is 24.3. The number of likely N-dealkylation sites (tertiary alicyclic amines) is 1. The molecule has 0 spiro atoms. The fraction of sp³-hybridized carbons (Fsp3) is 0.435. The number of halogens is 3. The van der Waals surface area contributed by atoms with Gasteiger partial charge in [0.1, 0.15) is 0 Å². The molecule has 0 unspecified atom stereocenters. The Kier molecular flexibility index (Phi) is 6.72. The van der Waals surface area contributed by atoms with Crippen molar-refractivity contribution in [1.82, 2.24) is 4.90 Å². The maximum Gasteiger partial charge on any atom is 0.416 e. The van der Waals surface area contributed by atoms with Crippen molar-refractivity contribution in [2.45, 2.75) is 48.6 Å². The van der Waals surface area contributed by atoms with E-state index in [0.717, 1.165) is 12.1 Å². The van der Waals surface area contributed by atoms with Crippen LogP contribution in [0.2, 0.25) is 0 Å². The van der Waals surface area contributed by atoms with Crippen LogP contribution >= 0.6 is 0 Å². The fourth-order valence-corrected chi connectivity index (χ4v) is 5.93. The Labute approximate surface area is 185 Å². The summed E-state index contributed by atoms with van der Waals surface area (Å²) in [6.07, 6.45) is -5.22. The second-order valence-corrected chi connectivity index (χ2v) is 11.1. The van der Waals surface area contributed by atoms with E-state index in [1.54, 1.807) is 30.3 Å². The number of rotatable bonds is 5. The average molecular weight is 470 g/mol. The van der Waals surface area contributed by atoms with E-state index in [0.29, 0.717) is 24.5 Å². The number of sulfone groups is 1. The molecule has 0 aliphatic carbocycles. The van der Waals surface area contributed by atoms with Crippen molar-refractivity contribution in [3.05, 3.63) is 65.7 Å². The molecule has 0 saturated carbocycles. The van der Waals surface area contributed by atoms with Crippen LogP contribution in [0.25, 0.3) is 0 Å². The van der Waals surface area contributed by atoms with E-state index in [2.05, 4.69) is 0 Å². The van der Waals surface area contributed by atoms with Crippen LogP contribution in [0.3, 0.4) is 0 Å². The molecule has 0 bridgehead atoms. The molecule has 0 radical (unpaired) electrons. The Morgan fingerprint density at radius 1 is 1.03 bits per heavy atom. The van der Waals surface area contributed by atoms with Gasteiger partial charge in [-0.25, -0.2) is 8.42 Å². The summed E-state index contributed by atoms with van der Waals surface area (Å²) in [5.74, 6) is -0.812. The SMILES string of the molecule is CC(C)(C1CCN(C(=O)[C@H](O)c2ccccc2)CC1)S(=O)(=O)c1cccc(C(F)(F)F)c1. The van der Waals surface area contributed by atoms with Gasteiger partial charge in [-0.2, -0.15) is 13.2 Å². The monoisotopic (exact) mass is 469 g/mol. The van der Waals surface area contributed by atoms with Crippen molar-refractivity contribution in [2.75, 3.05) is 13.1 Å². The molecule has 9 heteroatoms. The zero-order valence-corrected chi connectivity index (χ0v) is 18.7. The van der Waals surface area contributed by atoms with Gasteiger partial charge in [-0.1, -0.05) is 36.4 Å². The second-order valence-electron chi connectivity index (χ2n) is 8.55. The van der Waals surface area contributed by atoms with E-state index in [4.69, 9.17) is 0 Å². The highest BCUT2D eigenvalue weighted by atomic mass is 32.2. The first-order valence-corrected chi connectivity index (χ1v) is 11.8. The molecule has 1 fully saturated rings. The van der Waals surface area contributed by atoms with Crippen LogP contribution in [0.15, 0.2) is 59.5 Å². The number of nitrogens with zero attached hydrogens (tertiary/aromatic N) is 1. The highest BCUT2D eigenvalue weighted by Gasteiger charge is 2.45. The molecular formula is C23H26F3NO4S. The van der Waals surface area contributed by atoms with Crippen LogP contribution in [-0.4, -0.2) is 42.2 Å². The summed E-state index contributed by atoms with van der Waals surface area (Å²) in [5, 5.41) is 10.4. The smallest absolute Gasteiger partial charge is 0.378 e. The maximum atomic E-state index is 13.3. The molecule has 1 atom stereocenters. The third-order valence-corrected chi connectivity index (χ3v) is 8.90. The zero-order valence-electron chi connectivity index (χ0n) is 17.8. The molecule has 1 saturated heterocycles. The standard InChI is InChI=1S/C23H26F3NO4S/c1-22(2,32(30,31)19-10-6-9-18(15-19)23(24,25)26)17-11-13-27(14-12-17)21(29)20(28)16-7-4-3-5-8-16/h3-10,15,17,20,28H,11-14H2,1-2H3/t20-/m1/s1. The number of amides is 1. The highest BCUT2D eigenvalue weighted by molar-refractivity contribution is 7.92. The van der Waals surface area contributed by atoms with Gasteiger partial charge in [0.25, 0.3) is 5.91 Å². The van der Waals surface area contributed by atoms with Crippen LogP contribution in [0.4, 0.5) is 13.2 Å². The Morgan fingerprint density at radius 2 is 1.62 bits per heavy atom. The molecule has 3 rings (SSSR count). The normalized spacial score (nSPS) is 17.2. The van der Waals surface area contributed by atoms with E-state index in [1.165, 1.54) is 24.8 Å². The number of aliphatic hydroxyl groups is 1. The Morgan fingerprint density at radius 3 is 2.19 bits per heavy atom. The Bertz CT molecular complexity index is 1060. The van der Waals surface area contributed by atoms with Crippen LogP contribution < -0.4 is 0 Å². The lowest BCUT2D eigenvalue weighted by atomic mass is 9.85. The second kappa shape index (κ2) is 8.86. The van der Waals surface area contributed by atoms with Crippen LogP contribution in [0.1, 0.15) is 43.9 Å². The highest BCUT2D eigenvalue weighted by Crippen LogP contribution is 2.39. The number of alkyl halides is 3. The summed E-state index contributed by atoms with van der Waals surface area (Å²) in [4.78, 5) is 13.8. The van der Waals surface area contributed by atoms with Gasteiger partial charge in [-0.15, -0.1) is 0 Å². The van der Waals surface area contributed by atoms with Gasteiger partial charge < -0.3 is 10.0 Å². The van der Waals surface area contributed by atoms with Gasteiger partial charge in [0, 0.05) is 13.1 Å². The van der Waals surface area contributed by atoms with Crippen molar-refractivity contribution in [1.29, 1.82) is 0 Å². The topological polar surface area (TPSA) is 74.7 Å². The summed E-state index contributed by atoms with van der Waals surface area (Å²) in [6.45, 7) is 3.55. The number of aliphatic hydroxyl groups excluding tert-OH is 1. The van der Waals surface area contributed by atoms with Gasteiger partial charge in [0.2, 0.25) is 0 Å². The number of carbonyl (C=O) groups excluding carboxylic acids is 1. The van der Waals surface area contributed by atoms with Crippen LogP contribution in [0, 0.1) is 5.92 Å². The molecule has 2 aromatic carbocycles. The maximum absolute atomic E-state index is 13.3. The van der Waals surface area contributed by atoms with Gasteiger partial charge in [-0.05, 0) is 56.4 Å². The van der Waals surface area contributed by atoms with E-state index in [1.807, 2.05) is 0 Å². The summed E-state index contributed by atoms with van der Waals surface area (Å²) in [6, 6.07) is 12.3. The molecule has 32 heavy (non-hydrogen) atoms. The summed E-state index contributed by atoms with van der Waals surface area (Å²) in [7, 11) is -4.07. The lowest BCUT2D eigenvalue weighted by Crippen LogP contribution is -2.48. The van der Waals surface area contributed by atoms with Crippen LogP contribution in [-0.2, 0) is 20.8 Å². The molecule has 5 nitrogen and oxygen atoms in total. The quantitative estimate of drug-likeness (QED) is 0.711. The van der Waals surface area contributed by atoms with Gasteiger partial charge in [0.05, 0.1) is 15.2 Å². The average Bonchev–Trinajstić information content (AvgIpc) is 2.78. The fourth-order valence-electron chi connectivity index (χ4n) is 4.11. The van der Waals surface area contributed by atoms with Gasteiger partial charge in [-0.3, -0.25) is 4.79 Å². The summed E-state index contributed by atoms with van der Waals surface area (Å²) >= 11 is 0. The first-order valence-electron chi connectivity index (χ1n) is 10.3. The molecule has 2 aromatic rings. The lowest BCUT2D eigenvalue weighted by molar-refractivity contribution is -0.142. The van der Waals surface area contributed by atoms with E-state index < -0.39 is 38.3 Å². The van der Waals surface area contributed by atoms with Crippen molar-refractivity contribution < 1.29 is 31.5 Å².